The number of esters is 2. The summed E-state index contributed by atoms with van der Waals surface area (Å²) in [7, 11) is 1.29. The largest absolute Gasteiger partial charge is 0.465 e. The highest BCUT2D eigenvalue weighted by atomic mass is 16.5. The first kappa shape index (κ1) is 20.0. The molecular weight excluding hydrogens is 398 g/mol. The summed E-state index contributed by atoms with van der Waals surface area (Å²) < 4.78 is 9.95. The lowest BCUT2D eigenvalue weighted by Gasteiger charge is -2.20. The van der Waals surface area contributed by atoms with E-state index in [0.717, 1.165) is 0 Å². The van der Waals surface area contributed by atoms with Gasteiger partial charge in [0.2, 0.25) is 0 Å². The Morgan fingerprint density at radius 2 is 1.45 bits per heavy atom. The normalized spacial score (nSPS) is 12.0. The highest BCUT2D eigenvalue weighted by Gasteiger charge is 2.33. The lowest BCUT2D eigenvalue weighted by molar-refractivity contribution is 0.0472. The smallest absolute Gasteiger partial charge is 0.340 e. The summed E-state index contributed by atoms with van der Waals surface area (Å²) in [5.41, 5.74) is 7.81. The second-order valence-corrected chi connectivity index (χ2v) is 6.92. The second-order valence-electron chi connectivity index (χ2n) is 6.92. The van der Waals surface area contributed by atoms with Crippen molar-refractivity contribution in [3.05, 3.63) is 99.6 Å². The van der Waals surface area contributed by atoms with E-state index in [9.17, 15) is 19.2 Å². The number of nitrogen functional groups attached to an aromatic ring is 1. The molecule has 0 radical (unpaired) electrons. The number of methoxy groups -OCH3 is 1. The molecule has 7 heteroatoms. The first-order valence-electron chi connectivity index (χ1n) is 9.37. The third-order valence-corrected chi connectivity index (χ3v) is 5.10. The van der Waals surface area contributed by atoms with E-state index in [1.54, 1.807) is 48.5 Å². The average Bonchev–Trinajstić information content (AvgIpc) is 2.80. The molecule has 3 aromatic carbocycles. The topological polar surface area (TPSA) is 113 Å². The molecule has 1 aliphatic rings. The van der Waals surface area contributed by atoms with Gasteiger partial charge in [-0.25, -0.2) is 9.59 Å². The van der Waals surface area contributed by atoms with Crippen LogP contribution in [0.2, 0.25) is 0 Å². The van der Waals surface area contributed by atoms with E-state index in [2.05, 4.69) is 4.74 Å². The van der Waals surface area contributed by atoms with Gasteiger partial charge < -0.3 is 15.2 Å². The summed E-state index contributed by atoms with van der Waals surface area (Å²) in [6.07, 6.45) is 0. The van der Waals surface area contributed by atoms with Gasteiger partial charge in [-0.1, -0.05) is 36.4 Å². The second kappa shape index (κ2) is 7.87. The number of anilines is 1. The maximum atomic E-state index is 12.9. The van der Waals surface area contributed by atoms with Gasteiger partial charge in [0.05, 0.1) is 29.5 Å². The Morgan fingerprint density at radius 1 is 0.806 bits per heavy atom. The summed E-state index contributed by atoms with van der Waals surface area (Å²) in [6.45, 7) is -0.0630. The van der Waals surface area contributed by atoms with Crippen molar-refractivity contribution in [2.45, 2.75) is 6.61 Å². The fourth-order valence-corrected chi connectivity index (χ4v) is 3.47. The molecular formula is C24H17NO6. The molecule has 0 atom stereocenters. The Balaban J connectivity index is 1.57. The van der Waals surface area contributed by atoms with Gasteiger partial charge >= 0.3 is 11.9 Å². The lowest BCUT2D eigenvalue weighted by atomic mass is 9.82. The molecule has 154 valence electrons. The van der Waals surface area contributed by atoms with E-state index >= 15 is 0 Å². The number of hydrogen-bond donors (Lipinski definition) is 1. The van der Waals surface area contributed by atoms with E-state index in [1.165, 1.54) is 19.2 Å². The van der Waals surface area contributed by atoms with Gasteiger partial charge in [-0.3, -0.25) is 9.59 Å². The first-order chi connectivity index (χ1) is 14.9. The molecule has 3 aromatic rings. The van der Waals surface area contributed by atoms with Gasteiger partial charge in [0.15, 0.2) is 11.6 Å². The van der Waals surface area contributed by atoms with Crippen LogP contribution in [0.4, 0.5) is 5.69 Å². The van der Waals surface area contributed by atoms with Crippen LogP contribution >= 0.6 is 0 Å². The van der Waals surface area contributed by atoms with E-state index < -0.39 is 17.7 Å². The van der Waals surface area contributed by atoms with Crippen molar-refractivity contribution in [1.82, 2.24) is 0 Å². The molecule has 0 amide bonds. The summed E-state index contributed by atoms with van der Waals surface area (Å²) in [5, 5.41) is 0. The number of nitrogens with two attached hydrogens (primary N) is 1. The number of benzene rings is 3. The predicted molar refractivity (Wildman–Crippen MR) is 111 cm³/mol. The summed E-state index contributed by atoms with van der Waals surface area (Å²) in [6, 6.07) is 15.7. The third-order valence-electron chi connectivity index (χ3n) is 5.10. The van der Waals surface area contributed by atoms with Crippen molar-refractivity contribution in [2.75, 3.05) is 12.8 Å². The van der Waals surface area contributed by atoms with Crippen molar-refractivity contribution in [1.29, 1.82) is 0 Å². The van der Waals surface area contributed by atoms with Crippen LogP contribution in [0.5, 0.6) is 0 Å². The molecule has 0 fully saturated rings. The van der Waals surface area contributed by atoms with Crippen LogP contribution in [0, 0.1) is 0 Å². The zero-order valence-corrected chi connectivity index (χ0v) is 16.5. The van der Waals surface area contributed by atoms with Crippen molar-refractivity contribution in [3.8, 4) is 0 Å². The molecule has 2 N–H and O–H groups in total. The number of ether oxygens (including phenoxy) is 2. The Bertz CT molecular complexity index is 1240. The fraction of sp³-hybridized carbons (Fsp3) is 0.0833. The van der Waals surface area contributed by atoms with Gasteiger partial charge in [-0.15, -0.1) is 0 Å². The minimum Gasteiger partial charge on any atom is -0.465 e. The maximum absolute atomic E-state index is 12.9. The van der Waals surface area contributed by atoms with E-state index in [0.29, 0.717) is 16.7 Å². The van der Waals surface area contributed by atoms with E-state index in [1.807, 2.05) is 0 Å². The van der Waals surface area contributed by atoms with Crippen molar-refractivity contribution in [2.24, 2.45) is 0 Å². The van der Waals surface area contributed by atoms with Crippen LogP contribution in [0.25, 0.3) is 0 Å². The van der Waals surface area contributed by atoms with E-state index in [-0.39, 0.29) is 40.3 Å². The van der Waals surface area contributed by atoms with Crippen LogP contribution < -0.4 is 5.73 Å². The highest BCUT2D eigenvalue weighted by Crippen LogP contribution is 2.33. The Morgan fingerprint density at radius 3 is 2.10 bits per heavy atom. The van der Waals surface area contributed by atoms with Crippen LogP contribution in [0.3, 0.4) is 0 Å². The summed E-state index contributed by atoms with van der Waals surface area (Å²) >= 11 is 0. The average molecular weight is 415 g/mol. The maximum Gasteiger partial charge on any atom is 0.340 e. The highest BCUT2D eigenvalue weighted by molar-refractivity contribution is 6.30. The number of hydrogen-bond acceptors (Lipinski definition) is 7. The Kier molecular flexibility index (Phi) is 5.09. The SMILES string of the molecule is COC(=O)c1ccc(COC(=O)c2ccc3c(c2N)C(=O)c2ccccc2C3=O)cc1. The van der Waals surface area contributed by atoms with Crippen molar-refractivity contribution in [3.63, 3.8) is 0 Å². The molecule has 0 aliphatic heterocycles. The van der Waals surface area contributed by atoms with Gasteiger partial charge in [-0.05, 0) is 29.8 Å². The van der Waals surface area contributed by atoms with Crippen LogP contribution in [0.15, 0.2) is 60.7 Å². The zero-order valence-electron chi connectivity index (χ0n) is 16.5. The molecule has 0 heterocycles. The van der Waals surface area contributed by atoms with Crippen LogP contribution in [-0.2, 0) is 16.1 Å². The molecule has 0 aromatic heterocycles. The molecule has 31 heavy (non-hydrogen) atoms. The van der Waals surface area contributed by atoms with Crippen LogP contribution in [-0.4, -0.2) is 30.6 Å². The number of rotatable bonds is 4. The van der Waals surface area contributed by atoms with Gasteiger partial charge in [0.1, 0.15) is 6.61 Å². The molecule has 7 nitrogen and oxygen atoms in total. The number of carbonyl (C=O) groups excluding carboxylic acids is 4. The molecule has 0 saturated heterocycles. The van der Waals surface area contributed by atoms with Gasteiger partial charge in [0, 0.05) is 16.7 Å². The summed E-state index contributed by atoms with van der Waals surface area (Å²) in [5.74, 6) is -1.92. The minimum atomic E-state index is -0.726. The van der Waals surface area contributed by atoms with Gasteiger partial charge in [0.25, 0.3) is 0 Å². The zero-order chi connectivity index (χ0) is 22.1. The van der Waals surface area contributed by atoms with Crippen molar-refractivity contribution >= 4 is 29.2 Å². The molecule has 1 aliphatic carbocycles. The summed E-state index contributed by atoms with van der Waals surface area (Å²) in [4.78, 5) is 49.7. The quantitative estimate of drug-likeness (QED) is 0.402. The van der Waals surface area contributed by atoms with Crippen LogP contribution in [0.1, 0.15) is 58.1 Å². The Labute approximate surface area is 177 Å². The predicted octanol–water partition coefficient (Wildman–Crippen LogP) is 3.19. The molecule has 4 rings (SSSR count). The fourth-order valence-electron chi connectivity index (χ4n) is 3.47. The Hall–Kier alpha value is -4.26. The minimum absolute atomic E-state index is 0.00506. The number of carbonyl (C=O) groups is 4. The molecule has 0 unspecified atom stereocenters. The molecule has 0 spiro atoms. The van der Waals surface area contributed by atoms with Gasteiger partial charge in [-0.2, -0.15) is 0 Å². The standard InChI is InChI=1S/C24H17NO6/c1-30-23(28)14-8-6-13(7-9-14)12-31-24(29)18-11-10-17-19(20(18)25)22(27)16-5-3-2-4-15(16)21(17)26/h2-11H,12,25H2,1H3. The lowest BCUT2D eigenvalue weighted by Crippen LogP contribution is -2.24. The molecule has 0 saturated carbocycles. The first-order valence-corrected chi connectivity index (χ1v) is 9.37. The number of ketones is 2. The molecule has 0 bridgehead atoms. The van der Waals surface area contributed by atoms with Crippen molar-refractivity contribution < 1.29 is 28.7 Å². The number of fused-ring (bicyclic) bond motifs is 2. The monoisotopic (exact) mass is 415 g/mol. The van der Waals surface area contributed by atoms with E-state index in [4.69, 9.17) is 10.5 Å². The third kappa shape index (κ3) is 3.46.